The molecule has 2 N–H and O–H groups in total. The van der Waals surface area contributed by atoms with Crippen molar-refractivity contribution in [2.24, 2.45) is 0 Å². The van der Waals surface area contributed by atoms with Crippen molar-refractivity contribution in [2.75, 3.05) is 12.1 Å². The molecule has 120 valence electrons. The van der Waals surface area contributed by atoms with Crippen LogP contribution in [-0.2, 0) is 11.3 Å². The van der Waals surface area contributed by atoms with Crippen LogP contribution in [0, 0.1) is 11.3 Å². The molecule has 0 fully saturated rings. The second kappa shape index (κ2) is 7.15. The lowest BCUT2D eigenvalue weighted by Crippen LogP contribution is -2.24. The Morgan fingerprint density at radius 3 is 3.00 bits per heavy atom. The first-order valence-corrected chi connectivity index (χ1v) is 7.20. The number of hydrogen-bond donors (Lipinski definition) is 2. The summed E-state index contributed by atoms with van der Waals surface area (Å²) in [5, 5.41) is 14.7. The van der Waals surface area contributed by atoms with E-state index in [-0.39, 0.29) is 12.4 Å². The Kier molecular flexibility index (Phi) is 4.58. The number of carbonyl (C=O) groups excluding carboxylic acids is 1. The Hall–Kier alpha value is -3.53. The van der Waals surface area contributed by atoms with Crippen molar-refractivity contribution in [3.8, 4) is 17.6 Å². The first-order chi connectivity index (χ1) is 11.8. The Balaban J connectivity index is 1.61. The van der Waals surface area contributed by atoms with Gasteiger partial charge in [0.05, 0.1) is 0 Å². The molecular formula is C17H14N4O3. The van der Waals surface area contributed by atoms with Crippen LogP contribution in [-0.4, -0.2) is 17.7 Å². The summed E-state index contributed by atoms with van der Waals surface area (Å²) in [4.78, 5) is 16.0. The van der Waals surface area contributed by atoms with Gasteiger partial charge in [-0.2, -0.15) is 5.26 Å². The lowest BCUT2D eigenvalue weighted by atomic mass is 10.2. The highest BCUT2D eigenvalue weighted by Crippen LogP contribution is 2.34. The molecule has 0 radical (unpaired) electrons. The summed E-state index contributed by atoms with van der Waals surface area (Å²) >= 11 is 0. The first kappa shape index (κ1) is 15.4. The minimum absolute atomic E-state index is 0.0310. The fourth-order valence-electron chi connectivity index (χ4n) is 2.07. The Morgan fingerprint density at radius 2 is 2.21 bits per heavy atom. The van der Waals surface area contributed by atoms with Crippen molar-refractivity contribution in [1.29, 1.82) is 5.26 Å². The van der Waals surface area contributed by atoms with E-state index < -0.39 is 5.91 Å². The number of pyridine rings is 1. The van der Waals surface area contributed by atoms with E-state index in [1.165, 1.54) is 6.20 Å². The number of nitrogens with one attached hydrogen (secondary N) is 2. The van der Waals surface area contributed by atoms with E-state index in [1.807, 2.05) is 12.1 Å². The molecule has 0 bridgehead atoms. The third-order valence-corrected chi connectivity index (χ3v) is 3.30. The highest BCUT2D eigenvalue weighted by molar-refractivity contribution is 5.97. The zero-order valence-electron chi connectivity index (χ0n) is 12.7. The summed E-state index contributed by atoms with van der Waals surface area (Å²) < 4.78 is 10.5. The minimum Gasteiger partial charge on any atom is -0.454 e. The quantitative estimate of drug-likeness (QED) is 0.645. The van der Waals surface area contributed by atoms with E-state index in [0.29, 0.717) is 23.7 Å². The van der Waals surface area contributed by atoms with Gasteiger partial charge in [0.25, 0.3) is 5.91 Å². The maximum absolute atomic E-state index is 12.0. The van der Waals surface area contributed by atoms with Gasteiger partial charge in [-0.1, -0.05) is 6.07 Å². The molecule has 0 unspecified atom stereocenters. The van der Waals surface area contributed by atoms with Gasteiger partial charge in [-0.15, -0.1) is 0 Å². The molecule has 1 aromatic heterocycles. The molecule has 0 spiro atoms. The second-order valence-electron chi connectivity index (χ2n) is 4.93. The highest BCUT2D eigenvalue weighted by Gasteiger charge is 2.13. The molecule has 1 aliphatic rings. The predicted molar refractivity (Wildman–Crippen MR) is 86.0 cm³/mol. The molecule has 1 aromatic carbocycles. The number of rotatable bonds is 5. The predicted octanol–water partition coefficient (Wildman–Crippen LogP) is 1.95. The third-order valence-electron chi connectivity index (χ3n) is 3.30. The van der Waals surface area contributed by atoms with Crippen LogP contribution in [0.5, 0.6) is 11.5 Å². The standard InChI is InChI=1S/C17H14N4O3/c18-7-13(17(22)21-9-12-2-1-5-19-8-12)10-20-14-3-4-15-16(6-14)24-11-23-15/h1-6,8,10,20H,9,11H2,(H,21,22)/b13-10-. The fraction of sp³-hybridized carbons (Fsp3) is 0.118. The van der Waals surface area contributed by atoms with Crippen LogP contribution in [0.4, 0.5) is 5.69 Å². The number of carbonyl (C=O) groups is 1. The van der Waals surface area contributed by atoms with Crippen molar-refractivity contribution >= 4 is 11.6 Å². The zero-order chi connectivity index (χ0) is 16.8. The van der Waals surface area contributed by atoms with Crippen LogP contribution in [0.2, 0.25) is 0 Å². The lowest BCUT2D eigenvalue weighted by molar-refractivity contribution is -0.117. The lowest BCUT2D eigenvalue weighted by Gasteiger charge is -2.05. The molecule has 1 amide bonds. The summed E-state index contributed by atoms with van der Waals surface area (Å²) in [6.45, 7) is 0.491. The van der Waals surface area contributed by atoms with Crippen LogP contribution >= 0.6 is 0 Å². The summed E-state index contributed by atoms with van der Waals surface area (Å²) in [6, 6.07) is 10.8. The second-order valence-corrected chi connectivity index (χ2v) is 4.93. The highest BCUT2D eigenvalue weighted by atomic mass is 16.7. The maximum atomic E-state index is 12.0. The van der Waals surface area contributed by atoms with Gasteiger partial charge >= 0.3 is 0 Å². The van der Waals surface area contributed by atoms with Crippen molar-refractivity contribution < 1.29 is 14.3 Å². The number of aromatic nitrogens is 1. The smallest absolute Gasteiger partial charge is 0.263 e. The van der Waals surface area contributed by atoms with Crippen LogP contribution in [0.15, 0.2) is 54.5 Å². The van der Waals surface area contributed by atoms with Gasteiger partial charge in [0.15, 0.2) is 11.5 Å². The SMILES string of the molecule is N#C/C(=C/Nc1ccc2c(c1)OCO2)C(=O)NCc1cccnc1. The largest absolute Gasteiger partial charge is 0.454 e. The topological polar surface area (TPSA) is 96.3 Å². The van der Waals surface area contributed by atoms with Crippen LogP contribution in [0.3, 0.4) is 0 Å². The molecule has 1 aliphatic heterocycles. The van der Waals surface area contributed by atoms with Crippen molar-refractivity contribution in [1.82, 2.24) is 10.3 Å². The van der Waals surface area contributed by atoms with Crippen molar-refractivity contribution in [3.05, 3.63) is 60.1 Å². The molecule has 3 rings (SSSR count). The van der Waals surface area contributed by atoms with Gasteiger partial charge in [0, 0.05) is 36.9 Å². The summed E-state index contributed by atoms with van der Waals surface area (Å²) in [5.41, 5.74) is 1.51. The van der Waals surface area contributed by atoms with Crippen LogP contribution in [0.1, 0.15) is 5.56 Å². The molecule has 0 aliphatic carbocycles. The van der Waals surface area contributed by atoms with E-state index in [4.69, 9.17) is 14.7 Å². The molecule has 2 heterocycles. The average molecular weight is 322 g/mol. The van der Waals surface area contributed by atoms with Gasteiger partial charge in [-0.3, -0.25) is 9.78 Å². The normalized spacial score (nSPS) is 12.4. The van der Waals surface area contributed by atoms with Gasteiger partial charge in [0.2, 0.25) is 6.79 Å². The number of hydrogen-bond acceptors (Lipinski definition) is 6. The number of nitrogens with zero attached hydrogens (tertiary/aromatic N) is 2. The average Bonchev–Trinajstić information content (AvgIpc) is 3.09. The summed E-state index contributed by atoms with van der Waals surface area (Å²) in [6.07, 6.45) is 4.66. The van der Waals surface area contributed by atoms with Crippen LogP contribution in [0.25, 0.3) is 0 Å². The number of nitriles is 1. The van der Waals surface area contributed by atoms with Crippen molar-refractivity contribution in [3.63, 3.8) is 0 Å². The molecule has 0 atom stereocenters. The van der Waals surface area contributed by atoms with Gasteiger partial charge in [0.1, 0.15) is 11.6 Å². The third kappa shape index (κ3) is 3.62. The molecule has 0 saturated heterocycles. The number of anilines is 1. The number of benzene rings is 1. The van der Waals surface area contributed by atoms with Gasteiger partial charge in [-0.25, -0.2) is 0 Å². The number of amides is 1. The number of ether oxygens (including phenoxy) is 2. The molecule has 24 heavy (non-hydrogen) atoms. The monoisotopic (exact) mass is 322 g/mol. The minimum atomic E-state index is -0.463. The molecular weight excluding hydrogens is 308 g/mol. The number of fused-ring (bicyclic) bond motifs is 1. The summed E-state index contributed by atoms with van der Waals surface area (Å²) in [7, 11) is 0. The van der Waals surface area contributed by atoms with E-state index in [1.54, 1.807) is 36.7 Å². The van der Waals surface area contributed by atoms with Crippen molar-refractivity contribution in [2.45, 2.75) is 6.54 Å². The fourth-order valence-corrected chi connectivity index (χ4v) is 2.07. The van der Waals surface area contributed by atoms with E-state index >= 15 is 0 Å². The molecule has 7 heteroatoms. The Labute approximate surface area is 138 Å². The van der Waals surface area contributed by atoms with E-state index in [9.17, 15) is 4.79 Å². The van der Waals surface area contributed by atoms with E-state index in [2.05, 4.69) is 15.6 Å². The van der Waals surface area contributed by atoms with E-state index in [0.717, 1.165) is 5.56 Å². The first-order valence-electron chi connectivity index (χ1n) is 7.20. The maximum Gasteiger partial charge on any atom is 0.263 e. The van der Waals surface area contributed by atoms with Gasteiger partial charge < -0.3 is 20.1 Å². The Bertz CT molecular complexity index is 812. The molecule has 0 saturated carbocycles. The van der Waals surface area contributed by atoms with Crippen LogP contribution < -0.4 is 20.1 Å². The molecule has 7 nitrogen and oxygen atoms in total. The summed E-state index contributed by atoms with van der Waals surface area (Å²) in [5.74, 6) is 0.821. The zero-order valence-corrected chi connectivity index (χ0v) is 12.7. The van der Waals surface area contributed by atoms with Gasteiger partial charge in [-0.05, 0) is 23.8 Å². The molecule has 2 aromatic rings. The Morgan fingerprint density at radius 1 is 1.33 bits per heavy atom.